The van der Waals surface area contributed by atoms with Gasteiger partial charge in [-0.05, 0) is 0 Å². The van der Waals surface area contributed by atoms with Crippen molar-refractivity contribution in [2.75, 3.05) is 0 Å². The summed E-state index contributed by atoms with van der Waals surface area (Å²) in [4.78, 5) is 70.6. The highest BCUT2D eigenvalue weighted by molar-refractivity contribution is 5.76. The van der Waals surface area contributed by atoms with E-state index in [0.717, 1.165) is 27.7 Å². The van der Waals surface area contributed by atoms with Crippen LogP contribution in [0.5, 0.6) is 0 Å². The SMILES string of the molecule is CC(=O)N[C@@H]1C(OC(C)=O)[C@H](NC(C)=O)[C@@H](OC(C)=O)C(OC(C)=O)[C@H]1OC(C)=O. The summed E-state index contributed by atoms with van der Waals surface area (Å²) in [5.41, 5.74) is 0. The van der Waals surface area contributed by atoms with Crippen molar-refractivity contribution in [3.05, 3.63) is 0 Å². The Morgan fingerprint density at radius 2 is 0.733 bits per heavy atom. The summed E-state index contributed by atoms with van der Waals surface area (Å²) in [5.74, 6) is -4.34. The molecule has 12 heteroatoms. The van der Waals surface area contributed by atoms with E-state index in [1.165, 1.54) is 13.8 Å². The van der Waals surface area contributed by atoms with E-state index < -0.39 is 72.2 Å². The van der Waals surface area contributed by atoms with Gasteiger partial charge in [-0.25, -0.2) is 0 Å². The quantitative estimate of drug-likeness (QED) is 0.384. The molecule has 2 N–H and O–H groups in total. The van der Waals surface area contributed by atoms with Gasteiger partial charge in [-0.3, -0.25) is 28.8 Å². The Morgan fingerprint density at radius 3 is 1.00 bits per heavy atom. The second-order valence-electron chi connectivity index (χ2n) is 6.75. The van der Waals surface area contributed by atoms with Crippen molar-refractivity contribution in [3.8, 4) is 0 Å². The van der Waals surface area contributed by atoms with E-state index in [1.807, 2.05) is 0 Å². The van der Waals surface area contributed by atoms with Gasteiger partial charge in [-0.2, -0.15) is 0 Å². The van der Waals surface area contributed by atoms with Crippen molar-refractivity contribution in [2.45, 2.75) is 78.0 Å². The van der Waals surface area contributed by atoms with Crippen LogP contribution in [0.1, 0.15) is 41.5 Å². The van der Waals surface area contributed by atoms with Crippen molar-refractivity contribution in [3.63, 3.8) is 0 Å². The Morgan fingerprint density at radius 1 is 0.467 bits per heavy atom. The average molecular weight is 430 g/mol. The molecule has 2 unspecified atom stereocenters. The zero-order valence-corrected chi connectivity index (χ0v) is 17.5. The number of hydrogen-bond acceptors (Lipinski definition) is 10. The van der Waals surface area contributed by atoms with E-state index in [1.54, 1.807) is 0 Å². The summed E-state index contributed by atoms with van der Waals surface area (Å²) in [6.07, 6.45) is -5.53. The third kappa shape index (κ3) is 7.01. The van der Waals surface area contributed by atoms with Crippen molar-refractivity contribution in [1.29, 1.82) is 0 Å². The Kier molecular flexibility index (Phi) is 8.75. The molecule has 1 fully saturated rings. The molecule has 2 amide bonds. The molecule has 0 bridgehead atoms. The first-order valence-corrected chi connectivity index (χ1v) is 9.06. The molecule has 30 heavy (non-hydrogen) atoms. The van der Waals surface area contributed by atoms with E-state index >= 15 is 0 Å². The fourth-order valence-electron chi connectivity index (χ4n) is 3.32. The molecule has 0 aliphatic heterocycles. The van der Waals surface area contributed by atoms with Crippen LogP contribution in [0.15, 0.2) is 0 Å². The van der Waals surface area contributed by atoms with Gasteiger partial charge in [0.05, 0.1) is 0 Å². The maximum absolute atomic E-state index is 11.8. The Balaban J connectivity index is 3.66. The number of carbonyl (C=O) groups is 6. The Bertz CT molecular complexity index is 555. The van der Waals surface area contributed by atoms with E-state index in [4.69, 9.17) is 18.9 Å². The van der Waals surface area contributed by atoms with Gasteiger partial charge in [0.2, 0.25) is 11.8 Å². The van der Waals surface area contributed by atoms with Crippen LogP contribution < -0.4 is 10.6 Å². The molecule has 0 aromatic heterocycles. The normalized spacial score (nSPS) is 27.8. The van der Waals surface area contributed by atoms with Crippen LogP contribution in [0.4, 0.5) is 0 Å². The summed E-state index contributed by atoms with van der Waals surface area (Å²) < 4.78 is 21.1. The number of esters is 4. The second-order valence-corrected chi connectivity index (χ2v) is 6.75. The first-order chi connectivity index (χ1) is 13.8. The molecule has 0 heterocycles. The van der Waals surface area contributed by atoms with E-state index in [0.29, 0.717) is 0 Å². The van der Waals surface area contributed by atoms with Crippen LogP contribution >= 0.6 is 0 Å². The van der Waals surface area contributed by atoms with Gasteiger partial charge < -0.3 is 29.6 Å². The molecule has 12 nitrogen and oxygen atoms in total. The highest BCUT2D eigenvalue weighted by atomic mass is 16.6. The van der Waals surface area contributed by atoms with E-state index in [-0.39, 0.29) is 0 Å². The highest BCUT2D eigenvalue weighted by Gasteiger charge is 2.58. The largest absolute Gasteiger partial charge is 0.458 e. The van der Waals surface area contributed by atoms with Crippen molar-refractivity contribution in [1.82, 2.24) is 10.6 Å². The molecule has 1 rings (SSSR count). The van der Waals surface area contributed by atoms with Crippen LogP contribution in [0, 0.1) is 0 Å². The molecular weight excluding hydrogens is 404 g/mol. The maximum Gasteiger partial charge on any atom is 0.303 e. The first-order valence-electron chi connectivity index (χ1n) is 9.06. The number of hydrogen-bond donors (Lipinski definition) is 2. The number of nitrogens with one attached hydrogen (secondary N) is 2. The molecule has 0 spiro atoms. The monoisotopic (exact) mass is 430 g/mol. The molecule has 1 aliphatic rings. The lowest BCUT2D eigenvalue weighted by molar-refractivity contribution is -0.213. The minimum absolute atomic E-state index is 0.580. The van der Waals surface area contributed by atoms with Crippen LogP contribution in [0.25, 0.3) is 0 Å². The minimum atomic E-state index is -1.42. The lowest BCUT2D eigenvalue weighted by Crippen LogP contribution is -2.74. The average Bonchev–Trinajstić information content (AvgIpc) is 2.55. The molecule has 0 aromatic rings. The standard InChI is InChI=1S/C18H26N2O10/c1-7(21)19-13-15(27-9(3)23)14(20-8(2)22)17(29-11(5)25)18(30-12(6)26)16(13)28-10(4)24/h13-18H,1-6H3,(H,19,21)(H,20,22)/t13-,14+,15?,16+,17-,18?. The van der Waals surface area contributed by atoms with E-state index in [9.17, 15) is 28.8 Å². The second kappa shape index (κ2) is 10.6. The van der Waals surface area contributed by atoms with Gasteiger partial charge in [0, 0.05) is 41.5 Å². The van der Waals surface area contributed by atoms with Crippen LogP contribution in [0.2, 0.25) is 0 Å². The molecule has 6 atom stereocenters. The zero-order chi connectivity index (χ0) is 23.2. The highest BCUT2D eigenvalue weighted by Crippen LogP contribution is 2.31. The van der Waals surface area contributed by atoms with Crippen molar-refractivity contribution < 1.29 is 47.7 Å². The maximum atomic E-state index is 11.8. The van der Waals surface area contributed by atoms with Gasteiger partial charge in [-0.1, -0.05) is 0 Å². The molecular formula is C18H26N2O10. The number of amides is 2. The molecule has 1 saturated carbocycles. The lowest BCUT2D eigenvalue weighted by atomic mass is 9.80. The summed E-state index contributed by atoms with van der Waals surface area (Å²) >= 11 is 0. The summed E-state index contributed by atoms with van der Waals surface area (Å²) in [6, 6.07) is -2.47. The first kappa shape index (κ1) is 24.9. The Labute approximate surface area is 172 Å². The number of carbonyl (C=O) groups excluding carboxylic acids is 6. The minimum Gasteiger partial charge on any atom is -0.458 e. The van der Waals surface area contributed by atoms with Gasteiger partial charge in [-0.15, -0.1) is 0 Å². The van der Waals surface area contributed by atoms with Gasteiger partial charge in [0.1, 0.15) is 18.2 Å². The summed E-state index contributed by atoms with van der Waals surface area (Å²) in [7, 11) is 0. The smallest absolute Gasteiger partial charge is 0.303 e. The van der Waals surface area contributed by atoms with Gasteiger partial charge >= 0.3 is 23.9 Å². The third-order valence-electron chi connectivity index (χ3n) is 4.01. The van der Waals surface area contributed by atoms with Crippen LogP contribution in [-0.4, -0.2) is 72.2 Å². The molecule has 168 valence electrons. The van der Waals surface area contributed by atoms with Crippen LogP contribution in [-0.2, 0) is 47.7 Å². The lowest BCUT2D eigenvalue weighted by Gasteiger charge is -2.48. The van der Waals surface area contributed by atoms with E-state index in [2.05, 4.69) is 10.6 Å². The predicted octanol–water partition coefficient (Wildman–Crippen LogP) is -1.26. The number of rotatable bonds is 6. The van der Waals surface area contributed by atoms with Crippen molar-refractivity contribution >= 4 is 35.7 Å². The Hall–Kier alpha value is -3.18. The number of ether oxygens (including phenoxy) is 4. The zero-order valence-electron chi connectivity index (χ0n) is 17.5. The van der Waals surface area contributed by atoms with Crippen LogP contribution in [0.3, 0.4) is 0 Å². The summed E-state index contributed by atoms with van der Waals surface area (Å²) in [6.45, 7) is 6.67. The molecule has 0 radical (unpaired) electrons. The fourth-order valence-corrected chi connectivity index (χ4v) is 3.32. The van der Waals surface area contributed by atoms with Gasteiger partial charge in [0.25, 0.3) is 0 Å². The molecule has 0 aromatic carbocycles. The molecule has 0 saturated heterocycles. The topological polar surface area (TPSA) is 163 Å². The predicted molar refractivity (Wildman–Crippen MR) is 97.4 cm³/mol. The van der Waals surface area contributed by atoms with Gasteiger partial charge in [0.15, 0.2) is 18.3 Å². The summed E-state index contributed by atoms with van der Waals surface area (Å²) in [5, 5.41) is 4.99. The molecule has 1 aliphatic carbocycles. The van der Waals surface area contributed by atoms with Crippen molar-refractivity contribution in [2.24, 2.45) is 0 Å². The fraction of sp³-hybridized carbons (Fsp3) is 0.667. The third-order valence-corrected chi connectivity index (χ3v) is 4.01.